The van der Waals surface area contributed by atoms with Crippen LogP contribution in [-0.4, -0.2) is 35.5 Å². The second kappa shape index (κ2) is 10.3. The number of aromatic nitrogens is 1. The number of hydrogen-bond acceptors (Lipinski definition) is 7. The second-order valence-corrected chi connectivity index (χ2v) is 10.3. The zero-order valence-electron chi connectivity index (χ0n) is 21.6. The first-order valence-corrected chi connectivity index (χ1v) is 13.2. The number of hydrogen-bond donors (Lipinski definition) is 1. The van der Waals surface area contributed by atoms with E-state index in [1.807, 2.05) is 51.1 Å². The van der Waals surface area contributed by atoms with Crippen LogP contribution < -0.4 is 14.4 Å². The van der Waals surface area contributed by atoms with Gasteiger partial charge in [0.2, 0.25) is 0 Å². The molecular weight excluding hydrogens is 500 g/mol. The van der Waals surface area contributed by atoms with Gasteiger partial charge in [0.1, 0.15) is 17.3 Å². The van der Waals surface area contributed by atoms with Crippen LogP contribution in [-0.2, 0) is 9.59 Å². The quantitative estimate of drug-likeness (QED) is 0.171. The molecule has 2 heterocycles. The van der Waals surface area contributed by atoms with E-state index in [9.17, 15) is 14.7 Å². The van der Waals surface area contributed by atoms with E-state index < -0.39 is 17.7 Å². The summed E-state index contributed by atoms with van der Waals surface area (Å²) in [6, 6.07) is 17.2. The number of anilines is 1. The van der Waals surface area contributed by atoms with Crippen LogP contribution in [0.5, 0.6) is 11.5 Å². The Hall–Kier alpha value is -4.17. The van der Waals surface area contributed by atoms with Gasteiger partial charge in [0.05, 0.1) is 35.5 Å². The lowest BCUT2D eigenvalue weighted by atomic mass is 9.95. The summed E-state index contributed by atoms with van der Waals surface area (Å²) in [5, 5.41) is 11.8. The standard InChI is InChI=1S/C30H28N2O5S/c1-5-12-37-22-11-6-8-19(15-22)26-24(27(33)20-9-7-10-21(16-20)36-4)28(34)29(35)32(26)30-31-25-18(3)13-17(2)14-23(25)38-30/h6-11,13-16,26,33H,5,12H2,1-4H3/b27-24+/t26-/m0/s1. The van der Waals surface area contributed by atoms with Crippen molar-refractivity contribution in [2.75, 3.05) is 18.6 Å². The third-order valence-corrected chi connectivity index (χ3v) is 7.46. The van der Waals surface area contributed by atoms with Gasteiger partial charge < -0.3 is 14.6 Å². The number of aliphatic hydroxyl groups is 1. The molecule has 1 aliphatic rings. The molecule has 1 N–H and O–H groups in total. The van der Waals surface area contributed by atoms with Gasteiger partial charge in [-0.05, 0) is 67.3 Å². The van der Waals surface area contributed by atoms with E-state index in [2.05, 4.69) is 0 Å². The molecule has 194 valence electrons. The number of carbonyl (C=O) groups excluding carboxylic acids is 2. The molecule has 8 heteroatoms. The molecule has 1 aromatic heterocycles. The van der Waals surface area contributed by atoms with Crippen LogP contribution >= 0.6 is 11.3 Å². The summed E-state index contributed by atoms with van der Waals surface area (Å²) in [4.78, 5) is 33.3. The predicted octanol–water partition coefficient (Wildman–Crippen LogP) is 6.34. The van der Waals surface area contributed by atoms with Crippen molar-refractivity contribution in [3.05, 3.63) is 88.5 Å². The Bertz CT molecular complexity index is 1590. The molecule has 1 fully saturated rings. The normalized spacial score (nSPS) is 16.8. The van der Waals surface area contributed by atoms with E-state index in [0.717, 1.165) is 27.8 Å². The van der Waals surface area contributed by atoms with Gasteiger partial charge in [-0.25, -0.2) is 4.98 Å². The van der Waals surface area contributed by atoms with Gasteiger partial charge in [-0.3, -0.25) is 14.5 Å². The zero-order chi connectivity index (χ0) is 27.0. The molecule has 1 aliphatic heterocycles. The predicted molar refractivity (Wildman–Crippen MR) is 149 cm³/mol. The number of benzene rings is 3. The SMILES string of the molecule is CCCOc1cccc([C@H]2/C(=C(\O)c3cccc(OC)c3)C(=O)C(=O)N2c2nc3c(C)cc(C)cc3s2)c1. The van der Waals surface area contributed by atoms with Gasteiger partial charge >= 0.3 is 5.91 Å². The summed E-state index contributed by atoms with van der Waals surface area (Å²) in [5.41, 5.74) is 3.85. The van der Waals surface area contributed by atoms with Gasteiger partial charge in [-0.15, -0.1) is 0 Å². The third kappa shape index (κ3) is 4.52. The Kier molecular flexibility index (Phi) is 6.91. The summed E-state index contributed by atoms with van der Waals surface area (Å²) < 4.78 is 12.1. The number of ether oxygens (including phenoxy) is 2. The Morgan fingerprint density at radius 1 is 1.05 bits per heavy atom. The van der Waals surface area contributed by atoms with Crippen LogP contribution in [0, 0.1) is 13.8 Å². The highest BCUT2D eigenvalue weighted by molar-refractivity contribution is 7.22. The van der Waals surface area contributed by atoms with E-state index in [0.29, 0.717) is 34.4 Å². The minimum atomic E-state index is -0.895. The van der Waals surface area contributed by atoms with Gasteiger partial charge in [0, 0.05) is 5.56 Å². The fourth-order valence-corrected chi connectivity index (χ4v) is 5.90. The minimum Gasteiger partial charge on any atom is -0.507 e. The first-order valence-electron chi connectivity index (χ1n) is 12.4. The number of aryl methyl sites for hydroxylation is 2. The Morgan fingerprint density at radius 2 is 1.82 bits per heavy atom. The first-order chi connectivity index (χ1) is 18.3. The minimum absolute atomic E-state index is 0.0111. The Labute approximate surface area is 225 Å². The van der Waals surface area contributed by atoms with Gasteiger partial charge in [0.25, 0.3) is 5.78 Å². The maximum Gasteiger partial charge on any atom is 0.301 e. The number of methoxy groups -OCH3 is 1. The van der Waals surface area contributed by atoms with E-state index in [1.54, 1.807) is 30.3 Å². The van der Waals surface area contributed by atoms with Crippen molar-refractivity contribution < 1.29 is 24.2 Å². The number of amides is 1. The Balaban J connectivity index is 1.72. The van der Waals surface area contributed by atoms with Gasteiger partial charge in [-0.1, -0.05) is 48.6 Å². The molecule has 3 aromatic carbocycles. The summed E-state index contributed by atoms with van der Waals surface area (Å²) in [5.74, 6) is -0.656. The largest absolute Gasteiger partial charge is 0.507 e. The summed E-state index contributed by atoms with van der Waals surface area (Å²) >= 11 is 1.35. The second-order valence-electron chi connectivity index (χ2n) is 9.25. The Morgan fingerprint density at radius 3 is 2.58 bits per heavy atom. The summed E-state index contributed by atoms with van der Waals surface area (Å²) in [6.45, 7) is 6.53. The number of ketones is 1. The van der Waals surface area contributed by atoms with Crippen LogP contribution in [0.4, 0.5) is 5.13 Å². The number of thiazole rings is 1. The molecule has 0 unspecified atom stereocenters. The number of fused-ring (bicyclic) bond motifs is 1. The van der Waals surface area contributed by atoms with Crippen LogP contribution in [0.1, 0.15) is 41.6 Å². The van der Waals surface area contributed by atoms with Crippen molar-refractivity contribution in [2.45, 2.75) is 33.2 Å². The average molecular weight is 529 g/mol. The highest BCUT2D eigenvalue weighted by atomic mass is 32.1. The fourth-order valence-electron chi connectivity index (χ4n) is 4.73. The van der Waals surface area contributed by atoms with Crippen LogP contribution in [0.15, 0.2) is 66.2 Å². The van der Waals surface area contributed by atoms with Crippen LogP contribution in [0.25, 0.3) is 16.0 Å². The highest BCUT2D eigenvalue weighted by Gasteiger charge is 2.48. The molecule has 0 saturated carbocycles. The number of Topliss-reactive ketones (excluding diaryl/α,β-unsaturated/α-hetero) is 1. The zero-order valence-corrected chi connectivity index (χ0v) is 22.5. The topological polar surface area (TPSA) is 89.0 Å². The molecular formula is C30H28N2O5S. The molecule has 38 heavy (non-hydrogen) atoms. The molecule has 4 aromatic rings. The lowest BCUT2D eigenvalue weighted by molar-refractivity contribution is -0.132. The number of rotatable bonds is 7. The van der Waals surface area contributed by atoms with E-state index in [1.165, 1.54) is 23.3 Å². The van der Waals surface area contributed by atoms with Crippen molar-refractivity contribution in [2.24, 2.45) is 0 Å². The smallest absolute Gasteiger partial charge is 0.301 e. The summed E-state index contributed by atoms with van der Waals surface area (Å²) in [6.07, 6.45) is 0.836. The molecule has 0 bridgehead atoms. The maximum absolute atomic E-state index is 13.6. The molecule has 1 saturated heterocycles. The van der Waals surface area contributed by atoms with Gasteiger partial charge in [0.15, 0.2) is 5.13 Å². The molecule has 1 atom stereocenters. The van der Waals surface area contributed by atoms with Crippen molar-refractivity contribution in [3.63, 3.8) is 0 Å². The summed E-state index contributed by atoms with van der Waals surface area (Å²) in [7, 11) is 1.52. The molecule has 0 aliphatic carbocycles. The van der Waals surface area contributed by atoms with E-state index in [-0.39, 0.29) is 11.3 Å². The number of nitrogens with zero attached hydrogens (tertiary/aromatic N) is 2. The molecule has 0 radical (unpaired) electrons. The van der Waals surface area contributed by atoms with Gasteiger partial charge in [-0.2, -0.15) is 0 Å². The molecule has 0 spiro atoms. The van der Waals surface area contributed by atoms with Crippen molar-refractivity contribution in [1.29, 1.82) is 0 Å². The molecule has 1 amide bonds. The number of aliphatic hydroxyl groups excluding tert-OH is 1. The van der Waals surface area contributed by atoms with Crippen molar-refractivity contribution in [1.82, 2.24) is 4.98 Å². The fraction of sp³-hybridized carbons (Fsp3) is 0.233. The van der Waals surface area contributed by atoms with E-state index in [4.69, 9.17) is 14.5 Å². The average Bonchev–Trinajstić information content (AvgIpc) is 3.45. The first kappa shape index (κ1) is 25.5. The number of carbonyl (C=O) groups is 2. The van der Waals surface area contributed by atoms with Crippen molar-refractivity contribution in [3.8, 4) is 11.5 Å². The highest BCUT2D eigenvalue weighted by Crippen LogP contribution is 2.45. The maximum atomic E-state index is 13.6. The molecule has 7 nitrogen and oxygen atoms in total. The van der Waals surface area contributed by atoms with Crippen LogP contribution in [0.2, 0.25) is 0 Å². The lowest BCUT2D eigenvalue weighted by Crippen LogP contribution is -2.29. The van der Waals surface area contributed by atoms with Crippen molar-refractivity contribution >= 4 is 44.1 Å². The lowest BCUT2D eigenvalue weighted by Gasteiger charge is -2.23. The molecule has 5 rings (SSSR count). The van der Waals surface area contributed by atoms with E-state index >= 15 is 0 Å². The van der Waals surface area contributed by atoms with Crippen LogP contribution in [0.3, 0.4) is 0 Å². The third-order valence-electron chi connectivity index (χ3n) is 6.46. The monoisotopic (exact) mass is 528 g/mol.